The molecule has 13 rings (SSSR count). The van der Waals surface area contributed by atoms with E-state index in [0.717, 1.165) is 56.4 Å². The first-order valence-electron chi connectivity index (χ1n) is 29.3. The van der Waals surface area contributed by atoms with Crippen LogP contribution in [-0.4, -0.2) is 45.5 Å². The lowest BCUT2D eigenvalue weighted by atomic mass is 9.89. The Bertz CT molecular complexity index is 3840. The van der Waals surface area contributed by atoms with Crippen LogP contribution in [0.3, 0.4) is 0 Å². The second-order valence-electron chi connectivity index (χ2n) is 21.8. The molecule has 0 N–H and O–H groups in total. The monoisotopic (exact) mass is 1120 g/mol. The fourth-order valence-electron chi connectivity index (χ4n) is 12.2. The van der Waals surface area contributed by atoms with Crippen LogP contribution in [0.1, 0.15) is 70.2 Å². The van der Waals surface area contributed by atoms with Crippen molar-refractivity contribution in [1.29, 1.82) is 0 Å². The molecule has 86 heavy (non-hydrogen) atoms. The Hall–Kier alpha value is -11.0. The SMILES string of the molecule is O=C1C(c2ccc(C=Cc3ccccc3)cc2)=C(c2ccc(N(c3ccccc3)c3ccccc3)cc2)C(=O)N1C1CCC(N2C(=O)C(c3ccc(C=Cc4ccccc4)cc3)=C(c3ccc(N(c4ccccc4)c4ccccc4)cc3)C2=O)CC1. The molecule has 8 heteroatoms. The fraction of sp³-hybridized carbons (Fsp3) is 0.0769. The average molecular weight is 1120 g/mol. The molecule has 0 radical (unpaired) electrons. The number of amides is 4. The molecule has 0 aromatic heterocycles. The van der Waals surface area contributed by atoms with Crippen molar-refractivity contribution in [3.05, 3.63) is 324 Å². The number of carbonyl (C=O) groups excluding carboxylic acids is 4. The van der Waals surface area contributed by atoms with Gasteiger partial charge < -0.3 is 9.80 Å². The molecule has 2 aliphatic heterocycles. The Kier molecular flexibility index (Phi) is 15.5. The molecule has 10 aromatic rings. The van der Waals surface area contributed by atoms with Crippen LogP contribution in [0.25, 0.3) is 46.6 Å². The van der Waals surface area contributed by atoms with Crippen molar-refractivity contribution in [3.8, 4) is 0 Å². The zero-order valence-corrected chi connectivity index (χ0v) is 47.3. The highest BCUT2D eigenvalue weighted by Gasteiger charge is 2.48. The van der Waals surface area contributed by atoms with E-state index < -0.39 is 12.1 Å². The summed E-state index contributed by atoms with van der Waals surface area (Å²) in [6, 6.07) is 91.1. The fourth-order valence-corrected chi connectivity index (χ4v) is 12.2. The van der Waals surface area contributed by atoms with Gasteiger partial charge in [0.15, 0.2) is 0 Å². The largest absolute Gasteiger partial charge is 0.311 e. The summed E-state index contributed by atoms with van der Waals surface area (Å²) in [6.07, 6.45) is 9.78. The number of para-hydroxylation sites is 4. The third-order valence-corrected chi connectivity index (χ3v) is 16.4. The van der Waals surface area contributed by atoms with E-state index in [1.807, 2.05) is 255 Å². The molecule has 10 aromatic carbocycles. The summed E-state index contributed by atoms with van der Waals surface area (Å²) in [5.41, 5.74) is 13.7. The molecular formula is C78H60N4O4. The van der Waals surface area contributed by atoms with Gasteiger partial charge in [0.1, 0.15) is 0 Å². The van der Waals surface area contributed by atoms with E-state index in [0.29, 0.717) is 70.2 Å². The zero-order chi connectivity index (χ0) is 58.3. The number of carbonyl (C=O) groups is 4. The third-order valence-electron chi connectivity index (χ3n) is 16.4. The van der Waals surface area contributed by atoms with Crippen molar-refractivity contribution >= 4 is 104 Å². The Labute approximate surface area is 501 Å². The molecule has 1 saturated carbocycles. The van der Waals surface area contributed by atoms with Gasteiger partial charge in [-0.05, 0) is 143 Å². The Balaban J connectivity index is 0.797. The van der Waals surface area contributed by atoms with E-state index >= 15 is 19.2 Å². The molecule has 0 bridgehead atoms. The predicted molar refractivity (Wildman–Crippen MR) is 349 cm³/mol. The number of hydrogen-bond donors (Lipinski definition) is 0. The summed E-state index contributed by atoms with van der Waals surface area (Å²) in [5.74, 6) is -1.44. The van der Waals surface area contributed by atoms with Gasteiger partial charge in [-0.15, -0.1) is 0 Å². The van der Waals surface area contributed by atoms with Crippen LogP contribution in [0.5, 0.6) is 0 Å². The molecular weight excluding hydrogens is 1060 g/mol. The maximum atomic E-state index is 15.3. The zero-order valence-electron chi connectivity index (χ0n) is 47.3. The highest BCUT2D eigenvalue weighted by Crippen LogP contribution is 2.45. The lowest BCUT2D eigenvalue weighted by Gasteiger charge is -2.37. The first kappa shape index (κ1) is 54.3. The summed E-state index contributed by atoms with van der Waals surface area (Å²) in [6.45, 7) is 0. The highest BCUT2D eigenvalue weighted by atomic mass is 16.2. The van der Waals surface area contributed by atoms with Crippen LogP contribution >= 0.6 is 0 Å². The lowest BCUT2D eigenvalue weighted by molar-refractivity contribution is -0.144. The Morgan fingerprint density at radius 3 is 0.686 bits per heavy atom. The van der Waals surface area contributed by atoms with E-state index in [-0.39, 0.29) is 23.6 Å². The van der Waals surface area contributed by atoms with Gasteiger partial charge in [0.05, 0.1) is 22.3 Å². The molecule has 1 aliphatic carbocycles. The maximum Gasteiger partial charge on any atom is 0.262 e. The first-order valence-corrected chi connectivity index (χ1v) is 29.3. The van der Waals surface area contributed by atoms with Gasteiger partial charge in [0, 0.05) is 46.2 Å². The second-order valence-corrected chi connectivity index (χ2v) is 21.8. The number of nitrogens with zero attached hydrogens (tertiary/aromatic N) is 4. The summed E-state index contributed by atoms with van der Waals surface area (Å²) in [4.78, 5) is 68.3. The van der Waals surface area contributed by atoms with Crippen molar-refractivity contribution in [2.24, 2.45) is 0 Å². The van der Waals surface area contributed by atoms with Gasteiger partial charge in [-0.1, -0.05) is 231 Å². The van der Waals surface area contributed by atoms with Gasteiger partial charge in [0.2, 0.25) is 0 Å². The van der Waals surface area contributed by atoms with Crippen molar-refractivity contribution < 1.29 is 19.2 Å². The number of rotatable bonds is 16. The summed E-state index contributed by atoms with van der Waals surface area (Å²) >= 11 is 0. The standard InChI is InChI=1S/C78H60N4O4/c83-75-71(59-39-35-57(36-40-59)33-31-55-19-7-1-8-20-55)73(61-43-47-67(48-44-61)79(63-23-11-3-12-24-63)64-25-13-4-14-26-64)77(85)81(75)69-51-53-70(54-52-69)82-76(84)72(60-41-37-58(38-42-60)34-32-56-21-9-2-10-22-56)74(78(82)86)62-45-49-68(50-46-62)80(65-27-15-5-16-28-65)66-29-17-6-18-30-66/h1-50,69-70H,51-54H2. The van der Waals surface area contributed by atoms with Crippen LogP contribution in [0.2, 0.25) is 0 Å². The minimum Gasteiger partial charge on any atom is -0.311 e. The van der Waals surface area contributed by atoms with E-state index in [4.69, 9.17) is 0 Å². The molecule has 0 spiro atoms. The van der Waals surface area contributed by atoms with Crippen LogP contribution in [-0.2, 0) is 19.2 Å². The number of imide groups is 2. The van der Waals surface area contributed by atoms with Crippen molar-refractivity contribution in [2.75, 3.05) is 9.80 Å². The van der Waals surface area contributed by atoms with Gasteiger partial charge in [-0.25, -0.2) is 0 Å². The van der Waals surface area contributed by atoms with E-state index in [1.165, 1.54) is 9.80 Å². The Morgan fingerprint density at radius 1 is 0.244 bits per heavy atom. The van der Waals surface area contributed by atoms with Gasteiger partial charge in [-0.2, -0.15) is 0 Å². The van der Waals surface area contributed by atoms with Gasteiger partial charge in [-0.3, -0.25) is 29.0 Å². The smallest absolute Gasteiger partial charge is 0.262 e. The van der Waals surface area contributed by atoms with Crippen LogP contribution in [0, 0.1) is 0 Å². The van der Waals surface area contributed by atoms with Crippen molar-refractivity contribution in [3.63, 3.8) is 0 Å². The lowest BCUT2D eigenvalue weighted by Crippen LogP contribution is -2.48. The van der Waals surface area contributed by atoms with Crippen LogP contribution in [0.4, 0.5) is 34.1 Å². The van der Waals surface area contributed by atoms with Crippen molar-refractivity contribution in [1.82, 2.24) is 9.80 Å². The topological polar surface area (TPSA) is 81.2 Å². The minimum atomic E-state index is -0.473. The van der Waals surface area contributed by atoms with Crippen LogP contribution < -0.4 is 9.80 Å². The predicted octanol–water partition coefficient (Wildman–Crippen LogP) is 17.5. The Morgan fingerprint density at radius 2 is 0.442 bits per heavy atom. The third kappa shape index (κ3) is 11.1. The molecule has 4 amide bonds. The summed E-state index contributed by atoms with van der Waals surface area (Å²) < 4.78 is 0. The number of hydrogen-bond acceptors (Lipinski definition) is 6. The first-order chi connectivity index (χ1) is 42.3. The quantitative estimate of drug-likeness (QED) is 0.0708. The molecule has 0 saturated heterocycles. The van der Waals surface area contributed by atoms with Gasteiger partial charge in [0.25, 0.3) is 23.6 Å². The molecule has 1 fully saturated rings. The normalized spacial score (nSPS) is 16.3. The molecule has 2 heterocycles. The second kappa shape index (κ2) is 24.5. The summed E-state index contributed by atoms with van der Waals surface area (Å²) in [5, 5.41) is 0. The maximum absolute atomic E-state index is 15.3. The molecule has 0 unspecified atom stereocenters. The number of benzene rings is 10. The van der Waals surface area contributed by atoms with E-state index in [2.05, 4.69) is 58.3 Å². The highest BCUT2D eigenvalue weighted by molar-refractivity contribution is 6.50. The minimum absolute atomic E-state index is 0.342. The molecule has 8 nitrogen and oxygen atoms in total. The van der Waals surface area contributed by atoms with E-state index in [1.54, 1.807) is 0 Å². The molecule has 416 valence electrons. The molecule has 0 atom stereocenters. The summed E-state index contributed by atoms with van der Waals surface area (Å²) in [7, 11) is 0. The number of anilines is 6. The van der Waals surface area contributed by atoms with Crippen molar-refractivity contribution in [2.45, 2.75) is 37.8 Å². The van der Waals surface area contributed by atoms with Crippen LogP contribution in [0.15, 0.2) is 279 Å². The van der Waals surface area contributed by atoms with E-state index in [9.17, 15) is 0 Å². The average Bonchev–Trinajstić information content (AvgIpc) is 2.06. The molecule has 3 aliphatic rings. The van der Waals surface area contributed by atoms with Gasteiger partial charge >= 0.3 is 0 Å².